The second-order valence-corrected chi connectivity index (χ2v) is 8.11. The standard InChI is InChI=1S/C29H28N2O7/c1-6-38-29(33)17-8-7-9-19(12-17)30-28(32)22-16-24(31-23-11-10-20(34-2)15-21(22)23)18-13-25(35-3)27(37-5)26(14-18)36-4/h7-16H,6H2,1-5H3,(H,30,32). The van der Waals surface area contributed by atoms with Gasteiger partial charge in [-0.15, -0.1) is 0 Å². The summed E-state index contributed by atoms with van der Waals surface area (Å²) >= 11 is 0. The predicted octanol–water partition coefficient (Wildman–Crippen LogP) is 5.37. The van der Waals surface area contributed by atoms with Gasteiger partial charge < -0.3 is 29.0 Å². The van der Waals surface area contributed by atoms with Gasteiger partial charge in [0.15, 0.2) is 11.5 Å². The highest BCUT2D eigenvalue weighted by Gasteiger charge is 2.19. The molecule has 0 atom stereocenters. The van der Waals surface area contributed by atoms with Gasteiger partial charge in [0.1, 0.15) is 5.75 Å². The summed E-state index contributed by atoms with van der Waals surface area (Å²) in [5.41, 5.74) is 2.91. The topological polar surface area (TPSA) is 105 Å². The van der Waals surface area contributed by atoms with E-state index in [2.05, 4.69) is 5.32 Å². The van der Waals surface area contributed by atoms with Gasteiger partial charge in [-0.05, 0) is 61.5 Å². The number of carbonyl (C=O) groups excluding carboxylic acids is 2. The molecule has 9 nitrogen and oxygen atoms in total. The van der Waals surface area contributed by atoms with E-state index in [-0.39, 0.29) is 12.5 Å². The van der Waals surface area contributed by atoms with Crippen LogP contribution in [0.4, 0.5) is 5.69 Å². The van der Waals surface area contributed by atoms with Gasteiger partial charge in [0.2, 0.25) is 5.75 Å². The third-order valence-electron chi connectivity index (χ3n) is 5.85. The molecule has 38 heavy (non-hydrogen) atoms. The van der Waals surface area contributed by atoms with E-state index in [1.807, 2.05) is 0 Å². The Bertz CT molecular complexity index is 1480. The summed E-state index contributed by atoms with van der Waals surface area (Å²) in [4.78, 5) is 30.5. The van der Waals surface area contributed by atoms with Crippen molar-refractivity contribution < 1.29 is 33.3 Å². The van der Waals surface area contributed by atoms with Crippen molar-refractivity contribution in [1.29, 1.82) is 0 Å². The van der Waals surface area contributed by atoms with E-state index in [0.29, 0.717) is 62.0 Å². The number of anilines is 1. The van der Waals surface area contributed by atoms with Gasteiger partial charge in [-0.25, -0.2) is 9.78 Å². The summed E-state index contributed by atoms with van der Waals surface area (Å²) in [6, 6.07) is 17.1. The number of ether oxygens (including phenoxy) is 5. The number of methoxy groups -OCH3 is 4. The predicted molar refractivity (Wildman–Crippen MR) is 144 cm³/mol. The van der Waals surface area contributed by atoms with E-state index in [1.165, 1.54) is 21.3 Å². The molecule has 0 bridgehead atoms. The van der Waals surface area contributed by atoms with Crippen LogP contribution in [0.5, 0.6) is 23.0 Å². The van der Waals surface area contributed by atoms with E-state index >= 15 is 0 Å². The van der Waals surface area contributed by atoms with Crippen molar-refractivity contribution in [2.75, 3.05) is 40.4 Å². The van der Waals surface area contributed by atoms with Crippen molar-refractivity contribution in [3.63, 3.8) is 0 Å². The molecular weight excluding hydrogens is 488 g/mol. The molecule has 1 N–H and O–H groups in total. The summed E-state index contributed by atoms with van der Waals surface area (Å²) in [5, 5.41) is 3.48. The number of carbonyl (C=O) groups is 2. The molecule has 0 aliphatic heterocycles. The molecule has 1 heterocycles. The first kappa shape index (κ1) is 26.3. The van der Waals surface area contributed by atoms with Crippen molar-refractivity contribution >= 4 is 28.5 Å². The molecular formula is C29H28N2O7. The van der Waals surface area contributed by atoms with Crippen molar-refractivity contribution in [3.05, 3.63) is 71.8 Å². The highest BCUT2D eigenvalue weighted by atomic mass is 16.5. The lowest BCUT2D eigenvalue weighted by Gasteiger charge is -2.15. The molecule has 4 aromatic rings. The molecule has 0 radical (unpaired) electrons. The Labute approximate surface area is 220 Å². The van der Waals surface area contributed by atoms with Crippen LogP contribution in [-0.2, 0) is 4.74 Å². The third-order valence-corrected chi connectivity index (χ3v) is 5.85. The van der Waals surface area contributed by atoms with Gasteiger partial charge >= 0.3 is 5.97 Å². The number of fused-ring (bicyclic) bond motifs is 1. The van der Waals surface area contributed by atoms with Crippen LogP contribution in [0.3, 0.4) is 0 Å². The van der Waals surface area contributed by atoms with Crippen LogP contribution in [-0.4, -0.2) is 51.9 Å². The minimum atomic E-state index is -0.465. The van der Waals surface area contributed by atoms with Crippen LogP contribution >= 0.6 is 0 Å². The van der Waals surface area contributed by atoms with Crippen LogP contribution < -0.4 is 24.3 Å². The fourth-order valence-electron chi connectivity index (χ4n) is 4.03. The number of benzene rings is 3. The molecule has 4 rings (SSSR count). The number of rotatable bonds is 9. The van der Waals surface area contributed by atoms with E-state index in [9.17, 15) is 9.59 Å². The Kier molecular flexibility index (Phi) is 7.96. The van der Waals surface area contributed by atoms with E-state index < -0.39 is 5.97 Å². The zero-order chi connectivity index (χ0) is 27.2. The Hall–Kier alpha value is -4.79. The minimum Gasteiger partial charge on any atom is -0.497 e. The van der Waals surface area contributed by atoms with Gasteiger partial charge in [-0.1, -0.05) is 6.07 Å². The zero-order valence-corrected chi connectivity index (χ0v) is 21.8. The van der Waals surface area contributed by atoms with Crippen molar-refractivity contribution in [2.24, 2.45) is 0 Å². The molecule has 0 saturated carbocycles. The van der Waals surface area contributed by atoms with E-state index in [0.717, 1.165) is 0 Å². The van der Waals surface area contributed by atoms with Crippen LogP contribution in [0.2, 0.25) is 0 Å². The molecule has 0 unspecified atom stereocenters. The number of amides is 1. The van der Waals surface area contributed by atoms with Gasteiger partial charge in [-0.3, -0.25) is 4.79 Å². The summed E-state index contributed by atoms with van der Waals surface area (Å²) in [6.45, 7) is 1.99. The lowest BCUT2D eigenvalue weighted by molar-refractivity contribution is 0.0526. The Balaban J connectivity index is 1.83. The van der Waals surface area contributed by atoms with Gasteiger partial charge in [-0.2, -0.15) is 0 Å². The number of aromatic nitrogens is 1. The number of nitrogens with zero attached hydrogens (tertiary/aromatic N) is 1. The Morgan fingerprint density at radius 1 is 0.842 bits per heavy atom. The molecule has 0 saturated heterocycles. The third kappa shape index (κ3) is 5.31. The smallest absolute Gasteiger partial charge is 0.338 e. The summed E-state index contributed by atoms with van der Waals surface area (Å²) in [6.07, 6.45) is 0. The highest BCUT2D eigenvalue weighted by Crippen LogP contribution is 2.41. The molecule has 3 aromatic carbocycles. The van der Waals surface area contributed by atoms with Crippen LogP contribution in [0.1, 0.15) is 27.6 Å². The molecule has 196 valence electrons. The SMILES string of the molecule is CCOC(=O)c1cccc(NC(=O)c2cc(-c3cc(OC)c(OC)c(OC)c3)nc3ccc(OC)cc23)c1. The fourth-order valence-corrected chi connectivity index (χ4v) is 4.03. The molecule has 1 amide bonds. The Morgan fingerprint density at radius 3 is 2.21 bits per heavy atom. The summed E-state index contributed by atoms with van der Waals surface area (Å²) < 4.78 is 26.9. The Morgan fingerprint density at radius 2 is 1.58 bits per heavy atom. The first-order valence-electron chi connectivity index (χ1n) is 11.8. The molecule has 9 heteroatoms. The second-order valence-electron chi connectivity index (χ2n) is 8.11. The number of esters is 1. The quantitative estimate of drug-likeness (QED) is 0.296. The molecule has 0 aliphatic carbocycles. The number of hydrogen-bond acceptors (Lipinski definition) is 8. The van der Waals surface area contributed by atoms with Crippen molar-refractivity contribution in [2.45, 2.75) is 6.92 Å². The van der Waals surface area contributed by atoms with Crippen molar-refractivity contribution in [3.8, 4) is 34.3 Å². The average Bonchev–Trinajstić information content (AvgIpc) is 2.95. The van der Waals surface area contributed by atoms with E-state index in [4.69, 9.17) is 28.7 Å². The second kappa shape index (κ2) is 11.5. The maximum absolute atomic E-state index is 13.6. The zero-order valence-electron chi connectivity index (χ0n) is 21.8. The monoisotopic (exact) mass is 516 g/mol. The average molecular weight is 517 g/mol. The van der Waals surface area contributed by atoms with Crippen molar-refractivity contribution in [1.82, 2.24) is 4.98 Å². The van der Waals surface area contributed by atoms with Gasteiger partial charge in [0.25, 0.3) is 5.91 Å². The number of pyridine rings is 1. The van der Waals surface area contributed by atoms with Crippen LogP contribution in [0.15, 0.2) is 60.7 Å². The first-order chi connectivity index (χ1) is 18.4. The van der Waals surface area contributed by atoms with E-state index in [1.54, 1.807) is 74.7 Å². The minimum absolute atomic E-state index is 0.254. The lowest BCUT2D eigenvalue weighted by Crippen LogP contribution is -2.14. The normalized spacial score (nSPS) is 10.6. The van der Waals surface area contributed by atoms with Gasteiger partial charge in [0.05, 0.1) is 57.4 Å². The number of nitrogens with one attached hydrogen (secondary N) is 1. The molecule has 0 fully saturated rings. The summed E-state index contributed by atoms with van der Waals surface area (Å²) in [5.74, 6) is 1.09. The first-order valence-corrected chi connectivity index (χ1v) is 11.8. The van der Waals surface area contributed by atoms with Gasteiger partial charge in [0, 0.05) is 16.6 Å². The number of hydrogen-bond donors (Lipinski definition) is 1. The largest absolute Gasteiger partial charge is 0.497 e. The maximum atomic E-state index is 13.6. The van der Waals surface area contributed by atoms with Crippen LogP contribution in [0.25, 0.3) is 22.2 Å². The molecule has 1 aromatic heterocycles. The molecule has 0 aliphatic rings. The fraction of sp³-hybridized carbons (Fsp3) is 0.207. The lowest BCUT2D eigenvalue weighted by atomic mass is 10.0. The highest BCUT2D eigenvalue weighted by molar-refractivity contribution is 6.13. The maximum Gasteiger partial charge on any atom is 0.338 e. The van der Waals surface area contributed by atoms with Crippen LogP contribution in [0, 0.1) is 0 Å². The molecule has 0 spiro atoms. The summed E-state index contributed by atoms with van der Waals surface area (Å²) in [7, 11) is 6.15.